The molecular weight excluding hydrogens is 625 g/mol. The first kappa shape index (κ1) is 31.6. The van der Waals surface area contributed by atoms with Crippen LogP contribution in [0.3, 0.4) is 0 Å². The van der Waals surface area contributed by atoms with Gasteiger partial charge in [0.2, 0.25) is 0 Å². The van der Waals surface area contributed by atoms with Gasteiger partial charge in [0, 0.05) is 23.5 Å². The van der Waals surface area contributed by atoms with E-state index in [4.69, 9.17) is 18.9 Å². The third-order valence-corrected chi connectivity index (χ3v) is 8.02. The van der Waals surface area contributed by atoms with Crippen molar-refractivity contribution in [2.24, 2.45) is 5.92 Å². The summed E-state index contributed by atoms with van der Waals surface area (Å²) in [6.45, 7) is 5.36. The molecule has 2 aromatic heterocycles. The maximum Gasteiger partial charge on any atom is 0.435 e. The lowest BCUT2D eigenvalue weighted by atomic mass is 10.1. The Labute approximate surface area is 254 Å². The van der Waals surface area contributed by atoms with E-state index in [-0.39, 0.29) is 35.5 Å². The van der Waals surface area contributed by atoms with Gasteiger partial charge in [0.15, 0.2) is 5.69 Å². The molecule has 14 nitrogen and oxygen atoms in total. The molecule has 0 bridgehead atoms. The average Bonchev–Trinajstić information content (AvgIpc) is 3.35. The van der Waals surface area contributed by atoms with Gasteiger partial charge in [-0.25, -0.2) is 22.6 Å². The van der Waals surface area contributed by atoms with Crippen molar-refractivity contribution >= 4 is 22.1 Å². The van der Waals surface area contributed by atoms with Crippen LogP contribution in [0.2, 0.25) is 0 Å². The number of aromatic nitrogens is 4. The fourth-order valence-corrected chi connectivity index (χ4v) is 5.17. The zero-order chi connectivity index (χ0) is 32.5. The molecule has 1 aliphatic heterocycles. The van der Waals surface area contributed by atoms with Crippen LogP contribution in [0.1, 0.15) is 31.5 Å². The van der Waals surface area contributed by atoms with Gasteiger partial charge in [-0.3, -0.25) is 9.80 Å². The zero-order valence-corrected chi connectivity index (χ0v) is 25.0. The van der Waals surface area contributed by atoms with Crippen molar-refractivity contribution < 1.29 is 50.1 Å². The molecule has 242 valence electrons. The van der Waals surface area contributed by atoms with Gasteiger partial charge in [-0.05, 0) is 37.3 Å². The van der Waals surface area contributed by atoms with Gasteiger partial charge in [-0.2, -0.15) is 22.9 Å². The summed E-state index contributed by atoms with van der Waals surface area (Å²) >= 11 is 0. The van der Waals surface area contributed by atoms with Crippen molar-refractivity contribution in [3.05, 3.63) is 65.9 Å². The number of hydrogen-bond donors (Lipinski definition) is 1. The number of esters is 1. The van der Waals surface area contributed by atoms with Crippen molar-refractivity contribution in [1.29, 1.82) is 0 Å². The van der Waals surface area contributed by atoms with Crippen molar-refractivity contribution in [1.82, 2.24) is 24.5 Å². The zero-order valence-electron chi connectivity index (χ0n) is 24.2. The number of hydrogen-bond acceptors (Lipinski definition) is 10. The quantitative estimate of drug-likeness (QED) is 0.199. The van der Waals surface area contributed by atoms with E-state index in [0.717, 1.165) is 33.5 Å². The molecule has 1 aliphatic rings. The number of sulfonamides is 1. The number of halogens is 3. The molecule has 1 amide bonds. The van der Waals surface area contributed by atoms with Gasteiger partial charge >= 0.3 is 18.2 Å². The Morgan fingerprint density at radius 2 is 1.80 bits per heavy atom. The molecule has 4 aromatic rings. The summed E-state index contributed by atoms with van der Waals surface area (Å²) in [5.74, 6) is -0.764. The van der Waals surface area contributed by atoms with E-state index in [1.54, 1.807) is 43.1 Å². The summed E-state index contributed by atoms with van der Waals surface area (Å²) in [6, 6.07) is 12.6. The highest BCUT2D eigenvalue weighted by atomic mass is 32.2. The van der Waals surface area contributed by atoms with Crippen LogP contribution >= 0.6 is 0 Å². The number of rotatable bonds is 10. The van der Waals surface area contributed by atoms with Crippen LogP contribution in [0.5, 0.6) is 0 Å². The molecule has 3 heterocycles. The summed E-state index contributed by atoms with van der Waals surface area (Å²) < 4.78 is 84.3. The third kappa shape index (κ3) is 7.44. The summed E-state index contributed by atoms with van der Waals surface area (Å²) in [5.41, 5.74) is 0.611. The molecule has 1 fully saturated rings. The second-order valence-electron chi connectivity index (χ2n) is 10.5. The second kappa shape index (κ2) is 12.3. The molecule has 18 heteroatoms. The minimum absolute atomic E-state index is 0.154. The lowest BCUT2D eigenvalue weighted by Crippen LogP contribution is -2.36. The number of amides is 1. The number of nitrogens with one attached hydrogen (secondary N) is 1. The van der Waals surface area contributed by atoms with E-state index < -0.39 is 40.1 Å². The van der Waals surface area contributed by atoms with Crippen LogP contribution < -0.4 is 14.6 Å². The molecule has 5 rings (SSSR count). The third-order valence-electron chi connectivity index (χ3n) is 6.69. The van der Waals surface area contributed by atoms with E-state index in [2.05, 4.69) is 5.10 Å². The van der Waals surface area contributed by atoms with Gasteiger partial charge < -0.3 is 14.3 Å². The minimum atomic E-state index is -4.70. The molecule has 0 saturated carbocycles. The number of carbonyl (C=O) groups is 2. The van der Waals surface area contributed by atoms with Crippen molar-refractivity contribution in [2.45, 2.75) is 44.4 Å². The first-order valence-electron chi connectivity index (χ1n) is 13.6. The Morgan fingerprint density at radius 3 is 2.44 bits per heavy atom. The lowest BCUT2D eigenvalue weighted by Gasteiger charge is -2.14. The Hall–Kier alpha value is -4.87. The van der Waals surface area contributed by atoms with E-state index in [1.807, 2.05) is 11.6 Å². The van der Waals surface area contributed by atoms with E-state index in [1.165, 1.54) is 17.1 Å². The molecule has 0 radical (unpaired) electrons. The smallest absolute Gasteiger partial charge is 0.435 e. The number of benzene rings is 2. The molecule has 1 N–H and O–H groups in total. The van der Waals surface area contributed by atoms with Crippen molar-refractivity contribution in [3.8, 4) is 16.9 Å². The molecule has 45 heavy (non-hydrogen) atoms. The SMILES string of the molecule is Cc1ccc(-c2cc(C(F)(F)F)nn2-c2ccc(S(=O)(=O)NC(=O)OC3CCN(n4on4OCOC(=O)C(C)C)C3)cc2)cc1. The van der Waals surface area contributed by atoms with Crippen LogP contribution in [-0.4, -0.2) is 66.2 Å². The normalized spacial score (nSPS) is 15.4. The van der Waals surface area contributed by atoms with Crippen molar-refractivity contribution in [2.75, 3.05) is 24.9 Å². The Balaban J connectivity index is 1.19. The topological polar surface area (TPSA) is 152 Å². The molecule has 0 spiro atoms. The summed E-state index contributed by atoms with van der Waals surface area (Å²) in [5, 5.41) is 6.28. The van der Waals surface area contributed by atoms with Crippen LogP contribution in [0.25, 0.3) is 16.9 Å². The largest absolute Gasteiger partial charge is 0.444 e. The Morgan fingerprint density at radius 1 is 1.11 bits per heavy atom. The first-order valence-corrected chi connectivity index (χ1v) is 15.1. The van der Waals surface area contributed by atoms with Crippen molar-refractivity contribution in [3.63, 3.8) is 0 Å². The first-order chi connectivity index (χ1) is 21.2. The molecule has 2 aromatic carbocycles. The van der Waals surface area contributed by atoms with Crippen LogP contribution in [0.15, 0.2) is 64.1 Å². The molecule has 1 saturated heterocycles. The highest BCUT2D eigenvalue weighted by molar-refractivity contribution is 7.90. The van der Waals surface area contributed by atoms with Gasteiger partial charge in [0.1, 0.15) is 11.1 Å². The van der Waals surface area contributed by atoms with E-state index in [9.17, 15) is 31.2 Å². The predicted octanol–water partition coefficient (Wildman–Crippen LogP) is 3.47. The van der Waals surface area contributed by atoms with Gasteiger partial charge in [0.25, 0.3) is 16.8 Å². The Bertz CT molecular complexity index is 1750. The van der Waals surface area contributed by atoms with Gasteiger partial charge in [-0.15, -0.1) is 0 Å². The number of carbonyl (C=O) groups excluding carboxylic acids is 2. The number of aryl methyl sites for hydroxylation is 1. The molecular formula is C27H29F3N6O8S. The predicted molar refractivity (Wildman–Crippen MR) is 149 cm³/mol. The van der Waals surface area contributed by atoms with Crippen LogP contribution in [0.4, 0.5) is 18.0 Å². The molecule has 0 aliphatic carbocycles. The van der Waals surface area contributed by atoms with Gasteiger partial charge in [0.05, 0.1) is 28.7 Å². The second-order valence-corrected chi connectivity index (χ2v) is 12.1. The fraction of sp³-hybridized carbons (Fsp3) is 0.370. The number of nitrogens with zero attached hydrogens (tertiary/aromatic N) is 5. The highest BCUT2D eigenvalue weighted by Crippen LogP contribution is 2.33. The van der Waals surface area contributed by atoms with Gasteiger partial charge in [-0.1, -0.05) is 43.7 Å². The molecule has 1 unspecified atom stereocenters. The summed E-state index contributed by atoms with van der Waals surface area (Å²) in [7, 11) is -4.39. The fourth-order valence-electron chi connectivity index (χ4n) is 4.29. The number of alkyl halides is 3. The highest BCUT2D eigenvalue weighted by Gasteiger charge is 2.36. The standard InChI is InChI=1S/C27H29F3N6O8S/c1-17(2)25(37)41-16-42-36-35(44-36)33-13-12-21(15-33)43-26(38)32-45(39,40)22-10-8-20(9-11-22)34-23(14-24(31-34)27(28,29)30)19-6-4-18(3)5-7-19/h4-11,14,17,21H,12-13,15-16H2,1-3H3,(H,32,38). The minimum Gasteiger partial charge on any atom is -0.444 e. The maximum atomic E-state index is 13.5. The lowest BCUT2D eigenvalue weighted by molar-refractivity contribution is -0.163. The van der Waals surface area contributed by atoms with Crippen LogP contribution in [0, 0.1) is 12.8 Å². The van der Waals surface area contributed by atoms with E-state index >= 15 is 0 Å². The Kier molecular flexibility index (Phi) is 8.59. The number of ether oxygens (including phenoxy) is 2. The summed E-state index contributed by atoms with van der Waals surface area (Å²) in [6.07, 6.45) is -6.25. The van der Waals surface area contributed by atoms with Crippen LogP contribution in [-0.2, 0) is 30.5 Å². The summed E-state index contributed by atoms with van der Waals surface area (Å²) in [4.78, 5) is 29.9. The van der Waals surface area contributed by atoms with E-state index in [0.29, 0.717) is 18.5 Å². The monoisotopic (exact) mass is 654 g/mol. The molecule has 1 atom stereocenters. The maximum absolute atomic E-state index is 13.5. The average molecular weight is 655 g/mol.